The molecule has 0 fully saturated rings. The Kier molecular flexibility index (Phi) is 1.58. The fraction of sp³-hybridized carbons (Fsp3) is 0.111. The molecule has 68 valence electrons. The maximum atomic E-state index is 11.4. The van der Waals surface area contributed by atoms with E-state index in [4.69, 9.17) is 5.39 Å². The minimum Gasteiger partial charge on any atom is -0.283 e. The first kappa shape index (κ1) is 8.38. The molecule has 1 aliphatic rings. The molecular weight excluding hydrogens is 182 g/mol. The van der Waals surface area contributed by atoms with Crippen molar-refractivity contribution in [3.63, 3.8) is 0 Å². The minimum atomic E-state index is -0.826. The van der Waals surface area contributed by atoms with Gasteiger partial charge in [0.25, 0.3) is 11.2 Å². The number of carbonyl (C=O) groups is 2. The fourth-order valence-electron chi connectivity index (χ4n) is 1.43. The van der Waals surface area contributed by atoms with Crippen LogP contribution in [0.2, 0.25) is 0 Å². The Labute approximate surface area is 79.5 Å². The number of ketones is 1. The Bertz CT molecular complexity index is 487. The average molecular weight is 188 g/mol. The molecule has 1 amide bonds. The highest BCUT2D eigenvalue weighted by molar-refractivity contribution is 6.52. The summed E-state index contributed by atoms with van der Waals surface area (Å²) in [6.45, 7) is 1.82. The first-order chi connectivity index (χ1) is 6.65. The Morgan fingerprint density at radius 1 is 1.36 bits per heavy atom. The number of rotatable bonds is 0. The zero-order valence-electron chi connectivity index (χ0n) is 7.39. The molecule has 2 rings (SSSR count). The first-order valence-corrected chi connectivity index (χ1v) is 3.99. The van der Waals surface area contributed by atoms with Gasteiger partial charge in [-0.15, -0.1) is 0 Å². The third kappa shape index (κ3) is 0.910. The van der Waals surface area contributed by atoms with Crippen LogP contribution in [0.3, 0.4) is 0 Å². The van der Waals surface area contributed by atoms with Gasteiger partial charge >= 0.3 is 11.0 Å². The Morgan fingerprint density at radius 3 is 2.71 bits per heavy atom. The maximum Gasteiger partial charge on any atom is 0.375 e. The molecule has 0 aromatic heterocycles. The summed E-state index contributed by atoms with van der Waals surface area (Å²) in [5, 5.41) is 12.0. The summed E-state index contributed by atoms with van der Waals surface area (Å²) in [4.78, 5) is 22.6. The molecule has 1 aromatic rings. The standard InChI is InChI=1S/C9H6N3O2/c1-5-2-3-7-6(4-5)8(13)9(14)12(7)11-10/h2-4H,1H3/q+1. The molecule has 0 atom stereocenters. The van der Waals surface area contributed by atoms with E-state index in [-0.39, 0.29) is 5.56 Å². The maximum absolute atomic E-state index is 11.4. The number of fused-ring (bicyclic) bond motifs is 1. The predicted octanol–water partition coefficient (Wildman–Crippen LogP) is 1.29. The summed E-state index contributed by atoms with van der Waals surface area (Å²) in [7, 11) is 0. The fourth-order valence-corrected chi connectivity index (χ4v) is 1.43. The summed E-state index contributed by atoms with van der Waals surface area (Å²) >= 11 is 0. The Morgan fingerprint density at radius 2 is 2.07 bits per heavy atom. The number of benzene rings is 1. The van der Waals surface area contributed by atoms with E-state index in [9.17, 15) is 9.59 Å². The SMILES string of the molecule is Cc1ccc2c(c1)C(=O)C(=O)N2[N+]#N. The van der Waals surface area contributed by atoms with Crippen molar-refractivity contribution in [3.8, 4) is 0 Å². The number of nitrogens with zero attached hydrogens (tertiary/aromatic N) is 3. The topological polar surface area (TPSA) is 65.5 Å². The lowest BCUT2D eigenvalue weighted by Crippen LogP contribution is -2.22. The lowest BCUT2D eigenvalue weighted by atomic mass is 10.1. The van der Waals surface area contributed by atoms with E-state index in [2.05, 4.69) is 5.08 Å². The summed E-state index contributed by atoms with van der Waals surface area (Å²) in [5.41, 5.74) is 1.49. The Hall–Kier alpha value is -2.22. The van der Waals surface area contributed by atoms with Crippen LogP contribution in [0.15, 0.2) is 18.2 Å². The van der Waals surface area contributed by atoms with E-state index < -0.39 is 11.7 Å². The summed E-state index contributed by atoms with van der Waals surface area (Å²) in [6.07, 6.45) is 0. The van der Waals surface area contributed by atoms with Crippen molar-refractivity contribution < 1.29 is 9.59 Å². The highest BCUT2D eigenvalue weighted by atomic mass is 16.2. The lowest BCUT2D eigenvalue weighted by molar-refractivity contribution is -0.113. The molecule has 5 heteroatoms. The van der Waals surface area contributed by atoms with Gasteiger partial charge in [0.1, 0.15) is 5.69 Å². The number of hydrogen-bond donors (Lipinski definition) is 0. The van der Waals surface area contributed by atoms with Crippen LogP contribution < -0.4 is 5.01 Å². The molecule has 1 aromatic carbocycles. The van der Waals surface area contributed by atoms with Gasteiger partial charge in [0.05, 0.1) is 10.6 Å². The van der Waals surface area contributed by atoms with Crippen LogP contribution in [-0.2, 0) is 4.79 Å². The van der Waals surface area contributed by atoms with E-state index in [0.717, 1.165) is 5.56 Å². The second kappa shape index (κ2) is 2.64. The molecule has 0 N–H and O–H groups in total. The van der Waals surface area contributed by atoms with Gasteiger partial charge in [0.2, 0.25) is 0 Å². The number of amides is 1. The highest BCUT2D eigenvalue weighted by Gasteiger charge is 2.44. The second-order valence-corrected chi connectivity index (χ2v) is 3.06. The molecule has 0 spiro atoms. The van der Waals surface area contributed by atoms with Gasteiger partial charge in [-0.25, -0.2) is 0 Å². The highest BCUT2D eigenvalue weighted by Crippen LogP contribution is 2.29. The van der Waals surface area contributed by atoms with Crippen molar-refractivity contribution >= 4 is 17.4 Å². The van der Waals surface area contributed by atoms with E-state index in [1.165, 1.54) is 0 Å². The van der Waals surface area contributed by atoms with Crippen molar-refractivity contribution in [2.45, 2.75) is 6.92 Å². The molecule has 0 bridgehead atoms. The molecule has 1 heterocycles. The average Bonchev–Trinajstić information content (AvgIpc) is 2.41. The molecule has 0 saturated heterocycles. The molecule has 5 nitrogen and oxygen atoms in total. The van der Waals surface area contributed by atoms with Crippen molar-refractivity contribution in [2.75, 3.05) is 5.01 Å². The third-order valence-electron chi connectivity index (χ3n) is 2.10. The molecule has 0 aliphatic carbocycles. The smallest absolute Gasteiger partial charge is 0.283 e. The van der Waals surface area contributed by atoms with Crippen LogP contribution in [0.5, 0.6) is 0 Å². The van der Waals surface area contributed by atoms with Gasteiger partial charge in [0, 0.05) is 0 Å². The van der Waals surface area contributed by atoms with E-state index >= 15 is 0 Å². The number of hydrogen-bond acceptors (Lipinski definition) is 3. The van der Waals surface area contributed by atoms with Gasteiger partial charge in [-0.1, -0.05) is 11.6 Å². The zero-order valence-corrected chi connectivity index (χ0v) is 7.39. The van der Waals surface area contributed by atoms with Crippen molar-refractivity contribution in [1.82, 2.24) is 0 Å². The van der Waals surface area contributed by atoms with Crippen LogP contribution in [0, 0.1) is 12.3 Å². The van der Waals surface area contributed by atoms with Crippen LogP contribution in [0.4, 0.5) is 5.69 Å². The monoisotopic (exact) mass is 188 g/mol. The van der Waals surface area contributed by atoms with Crippen molar-refractivity contribution in [2.24, 2.45) is 0 Å². The van der Waals surface area contributed by atoms with Gasteiger partial charge < -0.3 is 0 Å². The molecule has 14 heavy (non-hydrogen) atoms. The number of aryl methyl sites for hydroxylation is 1. The van der Waals surface area contributed by atoms with Gasteiger partial charge in [-0.3, -0.25) is 9.59 Å². The predicted molar refractivity (Wildman–Crippen MR) is 48.1 cm³/mol. The quantitative estimate of drug-likeness (QED) is 0.455. The van der Waals surface area contributed by atoms with Crippen LogP contribution in [0.1, 0.15) is 15.9 Å². The summed E-state index contributed by atoms with van der Waals surface area (Å²) < 4.78 is 0. The molecular formula is C9H6N3O2+. The van der Waals surface area contributed by atoms with Crippen LogP contribution in [-0.4, -0.2) is 11.7 Å². The van der Waals surface area contributed by atoms with Crippen LogP contribution >= 0.6 is 0 Å². The second-order valence-electron chi connectivity index (χ2n) is 3.06. The van der Waals surface area contributed by atoms with Gasteiger partial charge in [-0.2, -0.15) is 0 Å². The van der Waals surface area contributed by atoms with Crippen LogP contribution in [0.25, 0.3) is 5.08 Å². The van der Waals surface area contributed by atoms with Crippen molar-refractivity contribution in [3.05, 3.63) is 34.4 Å². The van der Waals surface area contributed by atoms with E-state index in [1.54, 1.807) is 18.2 Å². The molecule has 1 aliphatic heterocycles. The third-order valence-corrected chi connectivity index (χ3v) is 2.10. The van der Waals surface area contributed by atoms with Crippen molar-refractivity contribution in [1.29, 1.82) is 5.39 Å². The molecule has 0 unspecified atom stereocenters. The van der Waals surface area contributed by atoms with E-state index in [1.807, 2.05) is 6.92 Å². The largest absolute Gasteiger partial charge is 0.375 e. The number of Topliss-reactive ketones (excluding diaryl/α,β-unsaturated/α-hetero) is 1. The summed E-state index contributed by atoms with van der Waals surface area (Å²) in [5.74, 6) is -1.46. The van der Waals surface area contributed by atoms with E-state index in [0.29, 0.717) is 10.7 Å². The normalized spacial score (nSPS) is 14.1. The number of anilines is 1. The zero-order chi connectivity index (χ0) is 10.3. The minimum absolute atomic E-state index is 0.285. The lowest BCUT2D eigenvalue weighted by Gasteiger charge is -1.94. The number of diazo groups is 1. The number of carbonyl (C=O) groups excluding carboxylic acids is 2. The first-order valence-electron chi connectivity index (χ1n) is 3.99. The summed E-state index contributed by atoms with van der Waals surface area (Å²) in [6, 6.07) is 4.91. The Balaban J connectivity index is 2.69. The van der Waals surface area contributed by atoms with Gasteiger partial charge in [0.15, 0.2) is 0 Å². The van der Waals surface area contributed by atoms with Gasteiger partial charge in [-0.05, 0) is 19.1 Å². The molecule has 0 saturated carbocycles. The molecule has 0 radical (unpaired) electrons.